The summed E-state index contributed by atoms with van der Waals surface area (Å²) in [5, 5.41) is 10.1. The zero-order valence-electron chi connectivity index (χ0n) is 12.6. The fourth-order valence-electron chi connectivity index (χ4n) is 2.06. The highest BCUT2D eigenvalue weighted by molar-refractivity contribution is 5.94. The number of hydrogen-bond donors (Lipinski definition) is 2. The molecule has 0 aliphatic rings. The van der Waals surface area contributed by atoms with Crippen molar-refractivity contribution in [1.82, 2.24) is 25.1 Å². The van der Waals surface area contributed by atoms with E-state index in [0.717, 1.165) is 11.4 Å². The van der Waals surface area contributed by atoms with Crippen molar-refractivity contribution in [3.05, 3.63) is 66.2 Å². The van der Waals surface area contributed by atoms with Gasteiger partial charge in [-0.15, -0.1) is 0 Å². The first kappa shape index (κ1) is 14.7. The standard InChI is InChI=1S/C16H16N6O/c1-22-15(5-8-20-22)21-14-9-13(4-7-18-14)16(23)19-11-12-3-2-6-17-10-12/h2-10H,11H2,1H3,(H,18,21)(H,19,23). The highest BCUT2D eigenvalue weighted by atomic mass is 16.1. The average Bonchev–Trinajstić information content (AvgIpc) is 2.99. The van der Waals surface area contributed by atoms with E-state index in [4.69, 9.17) is 0 Å². The third kappa shape index (κ3) is 3.70. The molecule has 0 atom stereocenters. The molecule has 3 aromatic rings. The Bertz CT molecular complexity index is 799. The smallest absolute Gasteiger partial charge is 0.251 e. The van der Waals surface area contributed by atoms with E-state index >= 15 is 0 Å². The third-order valence-corrected chi connectivity index (χ3v) is 3.28. The molecule has 3 heterocycles. The predicted octanol–water partition coefficient (Wildman–Crippen LogP) is 1.88. The van der Waals surface area contributed by atoms with Gasteiger partial charge >= 0.3 is 0 Å². The number of pyridine rings is 2. The van der Waals surface area contributed by atoms with Gasteiger partial charge in [-0.3, -0.25) is 14.5 Å². The second-order valence-electron chi connectivity index (χ2n) is 4.94. The molecule has 7 heteroatoms. The van der Waals surface area contributed by atoms with Crippen LogP contribution < -0.4 is 10.6 Å². The minimum Gasteiger partial charge on any atom is -0.348 e. The van der Waals surface area contributed by atoms with Gasteiger partial charge in [-0.05, 0) is 23.8 Å². The van der Waals surface area contributed by atoms with Crippen LogP contribution in [0.1, 0.15) is 15.9 Å². The number of nitrogens with one attached hydrogen (secondary N) is 2. The molecular weight excluding hydrogens is 292 g/mol. The maximum absolute atomic E-state index is 12.2. The summed E-state index contributed by atoms with van der Waals surface area (Å²) in [6.45, 7) is 0.430. The normalized spacial score (nSPS) is 10.3. The number of carbonyl (C=O) groups excluding carboxylic acids is 1. The molecule has 3 aromatic heterocycles. The van der Waals surface area contributed by atoms with Gasteiger partial charge in [0.15, 0.2) is 0 Å². The molecule has 0 aliphatic carbocycles. The molecule has 0 saturated carbocycles. The molecule has 0 radical (unpaired) electrons. The summed E-state index contributed by atoms with van der Waals surface area (Å²) in [6, 6.07) is 8.95. The maximum Gasteiger partial charge on any atom is 0.251 e. The minimum absolute atomic E-state index is 0.163. The molecule has 3 rings (SSSR count). The lowest BCUT2D eigenvalue weighted by molar-refractivity contribution is 0.0951. The van der Waals surface area contributed by atoms with Crippen molar-refractivity contribution >= 4 is 17.5 Å². The van der Waals surface area contributed by atoms with Crippen molar-refractivity contribution in [3.63, 3.8) is 0 Å². The molecule has 0 bridgehead atoms. The number of aromatic nitrogens is 4. The molecule has 7 nitrogen and oxygen atoms in total. The van der Waals surface area contributed by atoms with E-state index in [9.17, 15) is 4.79 Å². The lowest BCUT2D eigenvalue weighted by Gasteiger charge is -2.08. The molecular formula is C16H16N6O. The van der Waals surface area contributed by atoms with E-state index in [1.165, 1.54) is 0 Å². The molecule has 0 aromatic carbocycles. The van der Waals surface area contributed by atoms with E-state index in [2.05, 4.69) is 25.7 Å². The zero-order chi connectivity index (χ0) is 16.1. The van der Waals surface area contributed by atoms with Crippen LogP contribution in [0.2, 0.25) is 0 Å². The SMILES string of the molecule is Cn1nccc1Nc1cc(C(=O)NCc2cccnc2)ccn1. The van der Waals surface area contributed by atoms with Crippen LogP contribution in [-0.2, 0) is 13.6 Å². The molecule has 23 heavy (non-hydrogen) atoms. The highest BCUT2D eigenvalue weighted by Gasteiger charge is 2.08. The first-order valence-corrected chi connectivity index (χ1v) is 7.10. The Morgan fingerprint density at radius 2 is 2.13 bits per heavy atom. The first-order chi connectivity index (χ1) is 11.2. The van der Waals surface area contributed by atoms with Gasteiger partial charge < -0.3 is 10.6 Å². The molecule has 0 spiro atoms. The highest BCUT2D eigenvalue weighted by Crippen LogP contribution is 2.14. The van der Waals surface area contributed by atoms with Gasteiger partial charge in [0, 0.05) is 43.8 Å². The maximum atomic E-state index is 12.2. The van der Waals surface area contributed by atoms with Crippen LogP contribution in [0.15, 0.2) is 55.1 Å². The average molecular weight is 308 g/mol. The summed E-state index contributed by atoms with van der Waals surface area (Å²) in [4.78, 5) is 20.5. The van der Waals surface area contributed by atoms with Crippen LogP contribution in [0.25, 0.3) is 0 Å². The summed E-state index contributed by atoms with van der Waals surface area (Å²) < 4.78 is 1.69. The fourth-order valence-corrected chi connectivity index (χ4v) is 2.06. The van der Waals surface area contributed by atoms with Crippen molar-refractivity contribution in [3.8, 4) is 0 Å². The number of nitrogens with zero attached hydrogens (tertiary/aromatic N) is 4. The topological polar surface area (TPSA) is 84.7 Å². The quantitative estimate of drug-likeness (QED) is 0.752. The van der Waals surface area contributed by atoms with Crippen LogP contribution in [0.3, 0.4) is 0 Å². The van der Waals surface area contributed by atoms with E-state index < -0.39 is 0 Å². The molecule has 0 aliphatic heterocycles. The molecule has 0 fully saturated rings. The molecule has 0 saturated heterocycles. The third-order valence-electron chi connectivity index (χ3n) is 3.28. The Morgan fingerprint density at radius 3 is 2.87 bits per heavy atom. The van der Waals surface area contributed by atoms with E-state index in [-0.39, 0.29) is 5.91 Å². The second kappa shape index (κ2) is 6.69. The number of rotatable bonds is 5. The monoisotopic (exact) mass is 308 g/mol. The van der Waals surface area contributed by atoms with Crippen LogP contribution in [0.5, 0.6) is 0 Å². The number of hydrogen-bond acceptors (Lipinski definition) is 5. The Labute approximate surface area is 133 Å². The van der Waals surface area contributed by atoms with Crippen molar-refractivity contribution in [2.75, 3.05) is 5.32 Å². The van der Waals surface area contributed by atoms with Crippen LogP contribution >= 0.6 is 0 Å². The van der Waals surface area contributed by atoms with Gasteiger partial charge in [0.05, 0.1) is 6.20 Å². The minimum atomic E-state index is -0.163. The number of carbonyl (C=O) groups is 1. The lowest BCUT2D eigenvalue weighted by atomic mass is 10.2. The molecule has 1 amide bonds. The summed E-state index contributed by atoms with van der Waals surface area (Å²) in [7, 11) is 1.83. The summed E-state index contributed by atoms with van der Waals surface area (Å²) in [5.74, 6) is 1.22. The Balaban J connectivity index is 1.67. The number of anilines is 2. The summed E-state index contributed by atoms with van der Waals surface area (Å²) in [6.07, 6.45) is 6.71. The van der Waals surface area contributed by atoms with Crippen molar-refractivity contribution in [2.45, 2.75) is 6.54 Å². The number of amides is 1. The molecule has 0 unspecified atom stereocenters. The predicted molar refractivity (Wildman–Crippen MR) is 86.1 cm³/mol. The van der Waals surface area contributed by atoms with Gasteiger partial charge in [-0.25, -0.2) is 4.98 Å². The van der Waals surface area contributed by atoms with Crippen molar-refractivity contribution in [2.24, 2.45) is 7.05 Å². The zero-order valence-corrected chi connectivity index (χ0v) is 12.6. The van der Waals surface area contributed by atoms with Crippen molar-refractivity contribution < 1.29 is 4.79 Å². The van der Waals surface area contributed by atoms with Crippen LogP contribution in [0.4, 0.5) is 11.6 Å². The van der Waals surface area contributed by atoms with Gasteiger partial charge in [-0.1, -0.05) is 6.07 Å². The van der Waals surface area contributed by atoms with Crippen LogP contribution in [0, 0.1) is 0 Å². The van der Waals surface area contributed by atoms with Crippen molar-refractivity contribution in [1.29, 1.82) is 0 Å². The summed E-state index contributed by atoms with van der Waals surface area (Å²) >= 11 is 0. The molecule has 116 valence electrons. The Hall–Kier alpha value is -3.22. The molecule has 2 N–H and O–H groups in total. The van der Waals surface area contributed by atoms with Gasteiger partial charge in [0.2, 0.25) is 0 Å². The Morgan fingerprint density at radius 1 is 1.22 bits per heavy atom. The van der Waals surface area contributed by atoms with Gasteiger partial charge in [0.25, 0.3) is 5.91 Å². The Kier molecular flexibility index (Phi) is 4.28. The van der Waals surface area contributed by atoms with E-state index in [1.54, 1.807) is 41.6 Å². The first-order valence-electron chi connectivity index (χ1n) is 7.10. The summed E-state index contributed by atoms with van der Waals surface area (Å²) in [5.41, 5.74) is 1.48. The van der Waals surface area contributed by atoms with Gasteiger partial charge in [-0.2, -0.15) is 5.10 Å². The van der Waals surface area contributed by atoms with E-state index in [0.29, 0.717) is 17.9 Å². The van der Waals surface area contributed by atoms with E-state index in [1.807, 2.05) is 25.2 Å². The fraction of sp³-hybridized carbons (Fsp3) is 0.125. The largest absolute Gasteiger partial charge is 0.348 e. The van der Waals surface area contributed by atoms with Crippen LogP contribution in [-0.4, -0.2) is 25.7 Å². The number of aryl methyl sites for hydroxylation is 1. The lowest BCUT2D eigenvalue weighted by Crippen LogP contribution is -2.23. The van der Waals surface area contributed by atoms with Gasteiger partial charge in [0.1, 0.15) is 11.6 Å². The second-order valence-corrected chi connectivity index (χ2v) is 4.94.